The Morgan fingerprint density at radius 3 is 2.70 bits per heavy atom. The van der Waals surface area contributed by atoms with Gasteiger partial charge < -0.3 is 14.4 Å². The molecular weight excluding hydrogens is 310 g/mol. The Hall–Kier alpha value is -2.34. The molecule has 1 aliphatic rings. The number of hydrogen-bond donors (Lipinski definition) is 0. The summed E-state index contributed by atoms with van der Waals surface area (Å²) in [6.45, 7) is 3.58. The summed E-state index contributed by atoms with van der Waals surface area (Å²) in [5.41, 5.74) is 1.02. The van der Waals surface area contributed by atoms with Gasteiger partial charge in [-0.05, 0) is 30.5 Å². The van der Waals surface area contributed by atoms with Crippen LogP contribution in [0.5, 0.6) is 11.5 Å². The molecule has 118 valence electrons. The smallest absolute Gasteiger partial charge is 0.161 e. The summed E-state index contributed by atoms with van der Waals surface area (Å²) >= 11 is 1.68. The number of aromatic nitrogens is 2. The predicted molar refractivity (Wildman–Crippen MR) is 91.8 cm³/mol. The zero-order chi connectivity index (χ0) is 15.8. The quantitative estimate of drug-likeness (QED) is 0.736. The van der Waals surface area contributed by atoms with Crippen molar-refractivity contribution in [2.75, 3.05) is 25.1 Å². The number of ether oxygens (including phenoxy) is 2. The number of aryl methyl sites for hydroxylation is 1. The molecule has 2 aromatic heterocycles. The van der Waals surface area contributed by atoms with Crippen molar-refractivity contribution in [3.63, 3.8) is 0 Å². The van der Waals surface area contributed by atoms with Gasteiger partial charge in [-0.1, -0.05) is 12.1 Å². The van der Waals surface area contributed by atoms with Gasteiger partial charge in [-0.2, -0.15) is 0 Å². The van der Waals surface area contributed by atoms with Gasteiger partial charge in [0, 0.05) is 0 Å². The molecule has 4 rings (SSSR count). The first kappa shape index (κ1) is 14.3. The zero-order valence-electron chi connectivity index (χ0n) is 13.0. The van der Waals surface area contributed by atoms with E-state index in [-0.39, 0.29) is 6.10 Å². The number of rotatable bonds is 4. The molecule has 0 radical (unpaired) electrons. The summed E-state index contributed by atoms with van der Waals surface area (Å²) in [4.78, 5) is 11.3. The standard InChI is InChI=1S/C17H17N3O2S/c1-11-18-13-7-8-23-16(13)17(19-11)20-9-12(10-20)22-15-6-4-3-5-14(15)21-2/h3-8,12H,9-10H2,1-2H3. The number of fused-ring (bicyclic) bond motifs is 1. The van der Waals surface area contributed by atoms with Gasteiger partial charge in [0.05, 0.1) is 30.4 Å². The van der Waals surface area contributed by atoms with Crippen LogP contribution in [0.25, 0.3) is 10.2 Å². The van der Waals surface area contributed by atoms with E-state index in [9.17, 15) is 0 Å². The van der Waals surface area contributed by atoms with E-state index < -0.39 is 0 Å². The Kier molecular flexibility index (Phi) is 3.53. The van der Waals surface area contributed by atoms with E-state index in [4.69, 9.17) is 9.47 Å². The van der Waals surface area contributed by atoms with Crippen LogP contribution in [0.2, 0.25) is 0 Å². The fraction of sp³-hybridized carbons (Fsp3) is 0.294. The summed E-state index contributed by atoms with van der Waals surface area (Å²) in [7, 11) is 1.66. The van der Waals surface area contributed by atoms with Crippen molar-refractivity contribution >= 4 is 27.4 Å². The fourth-order valence-corrected chi connectivity index (χ4v) is 3.60. The zero-order valence-corrected chi connectivity index (χ0v) is 13.8. The van der Waals surface area contributed by atoms with E-state index in [1.54, 1.807) is 18.4 Å². The van der Waals surface area contributed by atoms with E-state index in [1.165, 1.54) is 0 Å². The molecule has 0 unspecified atom stereocenters. The lowest BCUT2D eigenvalue weighted by Crippen LogP contribution is -2.54. The van der Waals surface area contributed by atoms with Crippen LogP contribution in [0.15, 0.2) is 35.7 Å². The van der Waals surface area contributed by atoms with Crippen molar-refractivity contribution in [2.45, 2.75) is 13.0 Å². The molecule has 1 fully saturated rings. The van der Waals surface area contributed by atoms with E-state index >= 15 is 0 Å². The Bertz CT molecular complexity index is 843. The van der Waals surface area contributed by atoms with Crippen LogP contribution >= 0.6 is 11.3 Å². The van der Waals surface area contributed by atoms with E-state index in [2.05, 4.69) is 20.2 Å². The SMILES string of the molecule is COc1ccccc1OC1CN(c2nc(C)nc3ccsc23)C1. The predicted octanol–water partition coefficient (Wildman–Crippen LogP) is 3.28. The Balaban J connectivity index is 1.50. The van der Waals surface area contributed by atoms with Crippen LogP contribution in [0, 0.1) is 6.92 Å². The van der Waals surface area contributed by atoms with Gasteiger partial charge >= 0.3 is 0 Å². The summed E-state index contributed by atoms with van der Waals surface area (Å²) in [6.07, 6.45) is 0.150. The number of para-hydroxylation sites is 2. The van der Waals surface area contributed by atoms with E-state index in [0.29, 0.717) is 0 Å². The van der Waals surface area contributed by atoms with Crippen molar-refractivity contribution in [3.05, 3.63) is 41.5 Å². The molecule has 1 aliphatic heterocycles. The molecule has 6 heteroatoms. The maximum Gasteiger partial charge on any atom is 0.161 e. The van der Waals surface area contributed by atoms with Crippen LogP contribution in [-0.2, 0) is 0 Å². The minimum Gasteiger partial charge on any atom is -0.493 e. The first-order chi connectivity index (χ1) is 11.2. The maximum atomic E-state index is 6.04. The number of hydrogen-bond acceptors (Lipinski definition) is 6. The molecule has 3 heterocycles. The molecule has 0 atom stereocenters. The Morgan fingerprint density at radius 2 is 1.91 bits per heavy atom. The Morgan fingerprint density at radius 1 is 1.13 bits per heavy atom. The Labute approximate surface area is 138 Å². The van der Waals surface area contributed by atoms with Crippen LogP contribution in [-0.4, -0.2) is 36.3 Å². The molecule has 0 aliphatic carbocycles. The average Bonchev–Trinajstić information content (AvgIpc) is 2.98. The number of methoxy groups -OCH3 is 1. The van der Waals surface area contributed by atoms with Crippen molar-refractivity contribution in [3.8, 4) is 11.5 Å². The molecule has 1 saturated heterocycles. The molecule has 0 spiro atoms. The van der Waals surface area contributed by atoms with E-state index in [1.807, 2.05) is 37.3 Å². The molecule has 0 N–H and O–H groups in total. The lowest BCUT2D eigenvalue weighted by atomic mass is 10.1. The van der Waals surface area contributed by atoms with Gasteiger partial charge in [-0.3, -0.25) is 0 Å². The topological polar surface area (TPSA) is 47.5 Å². The summed E-state index contributed by atoms with van der Waals surface area (Å²) < 4.78 is 12.5. The monoisotopic (exact) mass is 327 g/mol. The number of thiophene rings is 1. The molecular formula is C17H17N3O2S. The van der Waals surface area contributed by atoms with Crippen LogP contribution < -0.4 is 14.4 Å². The number of nitrogens with zero attached hydrogens (tertiary/aromatic N) is 3. The normalized spacial score (nSPS) is 14.8. The highest BCUT2D eigenvalue weighted by Crippen LogP contribution is 2.33. The minimum absolute atomic E-state index is 0.150. The van der Waals surface area contributed by atoms with Crippen LogP contribution in [0.3, 0.4) is 0 Å². The average molecular weight is 327 g/mol. The van der Waals surface area contributed by atoms with Gasteiger partial charge in [-0.25, -0.2) is 9.97 Å². The fourth-order valence-electron chi connectivity index (χ4n) is 2.76. The van der Waals surface area contributed by atoms with Gasteiger partial charge in [0.25, 0.3) is 0 Å². The molecule has 1 aromatic carbocycles. The molecule has 5 nitrogen and oxygen atoms in total. The van der Waals surface area contributed by atoms with Gasteiger partial charge in [0.1, 0.15) is 11.9 Å². The second-order valence-electron chi connectivity index (χ2n) is 5.53. The van der Waals surface area contributed by atoms with Gasteiger partial charge in [0.2, 0.25) is 0 Å². The summed E-state index contributed by atoms with van der Waals surface area (Å²) in [5, 5.41) is 2.06. The first-order valence-electron chi connectivity index (χ1n) is 7.51. The van der Waals surface area contributed by atoms with Gasteiger partial charge in [-0.15, -0.1) is 11.3 Å². The van der Waals surface area contributed by atoms with Gasteiger partial charge in [0.15, 0.2) is 17.3 Å². The lowest BCUT2D eigenvalue weighted by molar-refractivity contribution is 0.161. The molecule has 23 heavy (non-hydrogen) atoms. The third-order valence-electron chi connectivity index (χ3n) is 3.91. The third kappa shape index (κ3) is 2.59. The maximum absolute atomic E-state index is 6.04. The second-order valence-corrected chi connectivity index (χ2v) is 6.44. The highest BCUT2D eigenvalue weighted by atomic mass is 32.1. The largest absolute Gasteiger partial charge is 0.493 e. The second kappa shape index (κ2) is 5.70. The molecule has 0 bridgehead atoms. The van der Waals surface area contributed by atoms with Crippen molar-refractivity contribution in [2.24, 2.45) is 0 Å². The van der Waals surface area contributed by atoms with Crippen molar-refractivity contribution in [1.29, 1.82) is 0 Å². The molecule has 0 saturated carbocycles. The van der Waals surface area contributed by atoms with E-state index in [0.717, 1.165) is 46.4 Å². The minimum atomic E-state index is 0.150. The van der Waals surface area contributed by atoms with Crippen LogP contribution in [0.4, 0.5) is 5.82 Å². The van der Waals surface area contributed by atoms with Crippen LogP contribution in [0.1, 0.15) is 5.82 Å². The molecule has 0 amide bonds. The lowest BCUT2D eigenvalue weighted by Gasteiger charge is -2.40. The number of benzene rings is 1. The summed E-state index contributed by atoms with van der Waals surface area (Å²) in [5.74, 6) is 3.38. The highest BCUT2D eigenvalue weighted by Gasteiger charge is 2.31. The molecule has 3 aromatic rings. The van der Waals surface area contributed by atoms with Crippen molar-refractivity contribution < 1.29 is 9.47 Å². The van der Waals surface area contributed by atoms with Crippen molar-refractivity contribution in [1.82, 2.24) is 9.97 Å². The third-order valence-corrected chi connectivity index (χ3v) is 4.81. The highest BCUT2D eigenvalue weighted by molar-refractivity contribution is 7.17. The summed E-state index contributed by atoms with van der Waals surface area (Å²) in [6, 6.07) is 9.79. The first-order valence-corrected chi connectivity index (χ1v) is 8.39. The number of anilines is 1.